The summed E-state index contributed by atoms with van der Waals surface area (Å²) in [4.78, 5) is 0. The molecule has 15 heavy (non-hydrogen) atoms. The summed E-state index contributed by atoms with van der Waals surface area (Å²) in [7, 11) is 0. The van der Waals surface area contributed by atoms with Crippen molar-refractivity contribution in [3.8, 4) is 11.1 Å². The molecule has 2 N–H and O–H groups in total. The van der Waals surface area contributed by atoms with Gasteiger partial charge in [0.2, 0.25) is 0 Å². The summed E-state index contributed by atoms with van der Waals surface area (Å²) in [5.41, 5.74) is 6.69. The van der Waals surface area contributed by atoms with Gasteiger partial charge in [-0.1, -0.05) is 6.07 Å². The fraction of sp³-hybridized carbons (Fsp3) is 0.0909. The normalized spacial score (nSPS) is 10.6. The van der Waals surface area contributed by atoms with Crippen molar-refractivity contribution >= 4 is 0 Å². The Morgan fingerprint density at radius 3 is 2.60 bits per heavy atom. The highest BCUT2D eigenvalue weighted by Crippen LogP contribution is 2.25. The van der Waals surface area contributed by atoms with Gasteiger partial charge < -0.3 is 10.2 Å². The number of benzene rings is 1. The molecule has 0 spiro atoms. The van der Waals surface area contributed by atoms with E-state index in [-0.39, 0.29) is 6.54 Å². The Morgan fingerprint density at radius 2 is 1.93 bits per heavy atom. The second kappa shape index (κ2) is 3.82. The van der Waals surface area contributed by atoms with Crippen LogP contribution < -0.4 is 5.73 Å². The zero-order chi connectivity index (χ0) is 10.8. The first kappa shape index (κ1) is 9.86. The molecule has 0 aliphatic heterocycles. The molecule has 0 saturated heterocycles. The monoisotopic (exact) mass is 209 g/mol. The van der Waals surface area contributed by atoms with Gasteiger partial charge in [0.1, 0.15) is 5.76 Å². The molecule has 0 saturated carbocycles. The first-order valence-electron chi connectivity index (χ1n) is 4.44. The minimum Gasteiger partial charge on any atom is -0.467 e. The molecule has 0 aliphatic rings. The van der Waals surface area contributed by atoms with E-state index in [2.05, 4.69) is 0 Å². The quantitative estimate of drug-likeness (QED) is 0.825. The lowest BCUT2D eigenvalue weighted by Crippen LogP contribution is -1.96. The van der Waals surface area contributed by atoms with Gasteiger partial charge in [0.15, 0.2) is 11.6 Å². The standard InChI is InChI=1S/C11H9F2NO/c12-9-2-1-7(5-10(9)13)8-3-4-15-11(8)6-14/h1-5H,6,14H2. The molecule has 1 aromatic heterocycles. The molecule has 2 aromatic rings. The highest BCUT2D eigenvalue weighted by atomic mass is 19.2. The predicted molar refractivity (Wildman–Crippen MR) is 52.0 cm³/mol. The van der Waals surface area contributed by atoms with Crippen molar-refractivity contribution in [2.24, 2.45) is 5.73 Å². The fourth-order valence-corrected chi connectivity index (χ4v) is 1.42. The van der Waals surface area contributed by atoms with Crippen molar-refractivity contribution in [2.75, 3.05) is 0 Å². The van der Waals surface area contributed by atoms with E-state index in [1.807, 2.05) is 0 Å². The molecular weight excluding hydrogens is 200 g/mol. The van der Waals surface area contributed by atoms with E-state index in [9.17, 15) is 8.78 Å². The lowest BCUT2D eigenvalue weighted by molar-refractivity contribution is 0.508. The molecule has 4 heteroatoms. The van der Waals surface area contributed by atoms with E-state index >= 15 is 0 Å². The van der Waals surface area contributed by atoms with E-state index in [4.69, 9.17) is 10.2 Å². The summed E-state index contributed by atoms with van der Waals surface area (Å²) in [6, 6.07) is 5.37. The van der Waals surface area contributed by atoms with Crippen LogP contribution in [0.3, 0.4) is 0 Å². The Balaban J connectivity index is 2.50. The van der Waals surface area contributed by atoms with Gasteiger partial charge >= 0.3 is 0 Å². The maximum absolute atomic E-state index is 13.0. The van der Waals surface area contributed by atoms with E-state index in [0.717, 1.165) is 12.1 Å². The number of hydrogen-bond acceptors (Lipinski definition) is 2. The van der Waals surface area contributed by atoms with E-state index in [0.29, 0.717) is 16.9 Å². The molecule has 78 valence electrons. The van der Waals surface area contributed by atoms with Crippen LogP contribution in [0.25, 0.3) is 11.1 Å². The van der Waals surface area contributed by atoms with Gasteiger partial charge in [0, 0.05) is 5.56 Å². The number of rotatable bonds is 2. The first-order valence-corrected chi connectivity index (χ1v) is 4.44. The summed E-state index contributed by atoms with van der Waals surface area (Å²) in [6.45, 7) is 0.224. The van der Waals surface area contributed by atoms with Crippen LogP contribution in [-0.2, 0) is 6.54 Å². The van der Waals surface area contributed by atoms with Crippen LogP contribution in [0.1, 0.15) is 5.76 Å². The number of furan rings is 1. The molecule has 0 bridgehead atoms. The second-order valence-corrected chi connectivity index (χ2v) is 3.09. The summed E-state index contributed by atoms with van der Waals surface area (Å²) in [6.07, 6.45) is 1.47. The first-order chi connectivity index (χ1) is 7.22. The van der Waals surface area contributed by atoms with Crippen LogP contribution in [0.15, 0.2) is 34.9 Å². The van der Waals surface area contributed by atoms with Gasteiger partial charge in [-0.15, -0.1) is 0 Å². The van der Waals surface area contributed by atoms with E-state index < -0.39 is 11.6 Å². The van der Waals surface area contributed by atoms with Crippen molar-refractivity contribution in [3.63, 3.8) is 0 Å². The third-order valence-electron chi connectivity index (χ3n) is 2.16. The summed E-state index contributed by atoms with van der Waals surface area (Å²) in [5, 5.41) is 0. The zero-order valence-electron chi connectivity index (χ0n) is 7.84. The van der Waals surface area contributed by atoms with Crippen LogP contribution >= 0.6 is 0 Å². The van der Waals surface area contributed by atoms with Crippen LogP contribution in [0.2, 0.25) is 0 Å². The minimum atomic E-state index is -0.878. The molecule has 1 heterocycles. The molecule has 0 fully saturated rings. The SMILES string of the molecule is NCc1occc1-c1ccc(F)c(F)c1. The van der Waals surface area contributed by atoms with Crippen molar-refractivity contribution in [1.82, 2.24) is 0 Å². The number of halogens is 2. The van der Waals surface area contributed by atoms with Crippen LogP contribution in [0, 0.1) is 11.6 Å². The molecule has 2 nitrogen and oxygen atoms in total. The maximum Gasteiger partial charge on any atom is 0.159 e. The topological polar surface area (TPSA) is 39.2 Å². The van der Waals surface area contributed by atoms with Gasteiger partial charge in [-0.25, -0.2) is 8.78 Å². The molecule has 0 radical (unpaired) electrons. The fourth-order valence-electron chi connectivity index (χ4n) is 1.42. The molecule has 2 rings (SSSR count). The Labute approximate surface area is 85.3 Å². The van der Waals surface area contributed by atoms with Gasteiger partial charge in [0.05, 0.1) is 12.8 Å². The smallest absolute Gasteiger partial charge is 0.159 e. The van der Waals surface area contributed by atoms with Crippen LogP contribution in [0.4, 0.5) is 8.78 Å². The van der Waals surface area contributed by atoms with E-state index in [1.165, 1.54) is 12.3 Å². The van der Waals surface area contributed by atoms with Crippen LogP contribution in [0.5, 0.6) is 0 Å². The third-order valence-corrected chi connectivity index (χ3v) is 2.16. The summed E-state index contributed by atoms with van der Waals surface area (Å²) < 4.78 is 30.8. The largest absolute Gasteiger partial charge is 0.467 e. The Bertz CT molecular complexity index is 479. The molecular formula is C11H9F2NO. The molecule has 0 unspecified atom stereocenters. The Kier molecular flexibility index (Phi) is 2.51. The minimum absolute atomic E-state index is 0.224. The average molecular weight is 209 g/mol. The predicted octanol–water partition coefficient (Wildman–Crippen LogP) is 2.68. The molecule has 0 aliphatic carbocycles. The lowest BCUT2D eigenvalue weighted by atomic mass is 10.1. The lowest BCUT2D eigenvalue weighted by Gasteiger charge is -2.01. The molecule has 1 aromatic carbocycles. The summed E-state index contributed by atoms with van der Waals surface area (Å²) in [5.74, 6) is -1.19. The average Bonchev–Trinajstić information content (AvgIpc) is 2.70. The number of nitrogens with two attached hydrogens (primary N) is 1. The number of hydrogen-bond donors (Lipinski definition) is 1. The molecule has 0 amide bonds. The Hall–Kier alpha value is -1.68. The Morgan fingerprint density at radius 1 is 1.13 bits per heavy atom. The molecule has 0 atom stereocenters. The van der Waals surface area contributed by atoms with Gasteiger partial charge in [0.25, 0.3) is 0 Å². The van der Waals surface area contributed by atoms with Gasteiger partial charge in [-0.2, -0.15) is 0 Å². The van der Waals surface area contributed by atoms with Gasteiger partial charge in [-0.3, -0.25) is 0 Å². The second-order valence-electron chi connectivity index (χ2n) is 3.09. The maximum atomic E-state index is 13.0. The summed E-state index contributed by atoms with van der Waals surface area (Å²) >= 11 is 0. The van der Waals surface area contributed by atoms with Crippen molar-refractivity contribution < 1.29 is 13.2 Å². The van der Waals surface area contributed by atoms with Crippen molar-refractivity contribution in [3.05, 3.63) is 47.9 Å². The third kappa shape index (κ3) is 1.76. The zero-order valence-corrected chi connectivity index (χ0v) is 7.84. The van der Waals surface area contributed by atoms with Crippen molar-refractivity contribution in [1.29, 1.82) is 0 Å². The van der Waals surface area contributed by atoms with Crippen molar-refractivity contribution in [2.45, 2.75) is 6.54 Å². The highest BCUT2D eigenvalue weighted by Gasteiger charge is 2.09. The van der Waals surface area contributed by atoms with Crippen LogP contribution in [-0.4, -0.2) is 0 Å². The highest BCUT2D eigenvalue weighted by molar-refractivity contribution is 5.65. The van der Waals surface area contributed by atoms with Gasteiger partial charge in [-0.05, 0) is 23.8 Å². The van der Waals surface area contributed by atoms with E-state index in [1.54, 1.807) is 6.07 Å².